The minimum atomic E-state index is 0.125. The van der Waals surface area contributed by atoms with Crippen LogP contribution in [-0.2, 0) is 10.8 Å². The van der Waals surface area contributed by atoms with Crippen molar-refractivity contribution in [2.45, 2.75) is 56.3 Å². The number of aromatic nitrogens is 3. The van der Waals surface area contributed by atoms with E-state index in [1.807, 2.05) is 48.5 Å². The molecule has 0 saturated heterocycles. The van der Waals surface area contributed by atoms with Gasteiger partial charge in [-0.1, -0.05) is 164 Å². The fourth-order valence-corrected chi connectivity index (χ4v) is 12.7. The monoisotopic (exact) mass is 810 g/mol. The number of hydrogen-bond acceptors (Lipinski definition) is 4. The summed E-state index contributed by atoms with van der Waals surface area (Å²) in [5.74, 6) is 3.46. The van der Waals surface area contributed by atoms with Gasteiger partial charge in [-0.15, -0.1) is 0 Å². The Morgan fingerprint density at radius 2 is 0.889 bits per heavy atom. The summed E-state index contributed by atoms with van der Waals surface area (Å²) >= 11 is 0. The highest BCUT2D eigenvalue weighted by Gasteiger charge is 2.59. The van der Waals surface area contributed by atoms with Gasteiger partial charge < -0.3 is 0 Å². The van der Waals surface area contributed by atoms with Crippen LogP contribution in [0.1, 0.15) is 60.8 Å². The quantitative estimate of drug-likeness (QED) is 0.161. The summed E-state index contributed by atoms with van der Waals surface area (Å²) in [6.07, 6.45) is 7.62. The van der Waals surface area contributed by atoms with E-state index in [4.69, 9.17) is 15.0 Å². The lowest BCUT2D eigenvalue weighted by atomic mass is 9.41. The number of aryl methyl sites for hydroxylation is 1. The van der Waals surface area contributed by atoms with Crippen LogP contribution in [0.3, 0.4) is 0 Å². The van der Waals surface area contributed by atoms with Crippen LogP contribution in [0.2, 0.25) is 0 Å². The molecule has 0 aliphatic heterocycles. The van der Waals surface area contributed by atoms with Crippen LogP contribution in [0, 0.1) is 30.1 Å². The summed E-state index contributed by atoms with van der Waals surface area (Å²) in [6.45, 7) is 2.18. The van der Waals surface area contributed by atoms with Crippen molar-refractivity contribution < 1.29 is 0 Å². The van der Waals surface area contributed by atoms with Crippen molar-refractivity contribution in [3.8, 4) is 62.5 Å². The first-order chi connectivity index (χ1) is 31.0. The van der Waals surface area contributed by atoms with Crippen molar-refractivity contribution in [3.63, 3.8) is 0 Å². The summed E-state index contributed by atoms with van der Waals surface area (Å²) < 4.78 is 0. The minimum Gasteiger partial charge on any atom is -0.208 e. The Hall–Kier alpha value is -7.22. The smallest absolute Gasteiger partial charge is 0.164 e. The highest BCUT2D eigenvalue weighted by molar-refractivity contribution is 6.01. The third-order valence-corrected chi connectivity index (χ3v) is 14.9. The first kappa shape index (κ1) is 37.5. The van der Waals surface area contributed by atoms with Crippen molar-refractivity contribution in [3.05, 3.63) is 198 Å². The van der Waals surface area contributed by atoms with Gasteiger partial charge in [-0.3, -0.25) is 0 Å². The molecule has 4 aliphatic carbocycles. The van der Waals surface area contributed by atoms with Gasteiger partial charge >= 0.3 is 0 Å². The number of nitriles is 1. The molecular formula is C59H46N4. The first-order valence-corrected chi connectivity index (χ1v) is 22.5. The molecular weight excluding hydrogens is 765 g/mol. The van der Waals surface area contributed by atoms with Gasteiger partial charge in [0.05, 0.1) is 11.6 Å². The molecule has 63 heavy (non-hydrogen) atoms. The van der Waals surface area contributed by atoms with E-state index < -0.39 is 0 Å². The normalized spacial score (nSPS) is 21.1. The van der Waals surface area contributed by atoms with Crippen molar-refractivity contribution in [1.82, 2.24) is 15.0 Å². The standard InChI is InChI=1S/C59H46N4/c1-38-30-45(24-25-46(38)57-62-55(43-12-4-2-5-13-43)61-56(63-57)44-14-6-3-7-15-44)48-27-29-54(52-19-11-9-17-50(48)52)59-34-40-31-41(35-59)33-58(32-40,37-59)53-28-26-47(49-16-8-10-18-51(49)53)42-22-20-39(36-60)21-23-42/h2-30,40-41H,31-35,37H2,1H3. The Morgan fingerprint density at radius 1 is 0.444 bits per heavy atom. The van der Waals surface area contributed by atoms with Crippen LogP contribution >= 0.6 is 0 Å². The van der Waals surface area contributed by atoms with Crippen LogP contribution in [0.4, 0.5) is 0 Å². The largest absolute Gasteiger partial charge is 0.208 e. The number of fused-ring (bicyclic) bond motifs is 2. The van der Waals surface area contributed by atoms with Gasteiger partial charge in [-0.05, 0) is 141 Å². The fraction of sp³-hybridized carbons (Fsp3) is 0.186. The van der Waals surface area contributed by atoms with Gasteiger partial charge in [0.2, 0.25) is 0 Å². The molecule has 0 radical (unpaired) electrons. The molecule has 13 rings (SSSR count). The Balaban J connectivity index is 0.927. The van der Waals surface area contributed by atoms with Crippen molar-refractivity contribution in [1.29, 1.82) is 5.26 Å². The number of nitrogens with zero attached hydrogens (tertiary/aromatic N) is 4. The van der Waals surface area contributed by atoms with E-state index >= 15 is 0 Å². The van der Waals surface area contributed by atoms with Gasteiger partial charge in [0, 0.05) is 16.7 Å². The highest BCUT2D eigenvalue weighted by atomic mass is 15.0. The summed E-state index contributed by atoms with van der Waals surface area (Å²) in [6, 6.07) is 65.5. The van der Waals surface area contributed by atoms with E-state index in [1.165, 1.54) is 82.3 Å². The van der Waals surface area contributed by atoms with Crippen LogP contribution < -0.4 is 0 Å². The Labute approximate surface area is 369 Å². The van der Waals surface area contributed by atoms with E-state index in [1.54, 1.807) is 5.56 Å². The van der Waals surface area contributed by atoms with E-state index in [0.717, 1.165) is 39.7 Å². The highest BCUT2D eigenvalue weighted by Crippen LogP contribution is 2.67. The molecule has 1 aromatic heterocycles. The SMILES string of the molecule is Cc1cc(-c2ccc(C34CC5CC(CC(c6ccc(-c7ccc(C#N)cc7)c7ccccc67)(C5)C3)C4)c3ccccc23)ccc1-c1nc(-c2ccccc2)nc(-c2ccccc2)n1. The van der Waals surface area contributed by atoms with E-state index in [0.29, 0.717) is 23.0 Å². The molecule has 2 unspecified atom stereocenters. The lowest BCUT2D eigenvalue weighted by Crippen LogP contribution is -2.56. The second-order valence-electron chi connectivity index (χ2n) is 18.7. The van der Waals surface area contributed by atoms with E-state index in [-0.39, 0.29) is 10.8 Å². The predicted molar refractivity (Wildman–Crippen MR) is 256 cm³/mol. The molecule has 0 N–H and O–H groups in total. The number of benzene rings is 8. The Morgan fingerprint density at radius 3 is 1.40 bits per heavy atom. The van der Waals surface area contributed by atoms with Crippen LogP contribution in [0.25, 0.3) is 78.0 Å². The predicted octanol–water partition coefficient (Wildman–Crippen LogP) is 14.5. The average molecular weight is 811 g/mol. The maximum absolute atomic E-state index is 9.46. The second-order valence-corrected chi connectivity index (χ2v) is 18.7. The molecule has 4 bridgehead atoms. The zero-order valence-electron chi connectivity index (χ0n) is 35.4. The van der Waals surface area contributed by atoms with Crippen molar-refractivity contribution >= 4 is 21.5 Å². The Bertz CT molecular complexity index is 3200. The maximum atomic E-state index is 9.46. The third kappa shape index (κ3) is 6.29. The van der Waals surface area contributed by atoms with Gasteiger partial charge in [0.1, 0.15) is 0 Å². The van der Waals surface area contributed by atoms with Crippen LogP contribution in [0.15, 0.2) is 176 Å². The lowest BCUT2D eigenvalue weighted by Gasteiger charge is -2.63. The summed E-state index contributed by atoms with van der Waals surface area (Å²) in [5.41, 5.74) is 13.0. The molecule has 9 aromatic rings. The number of rotatable bonds is 7. The fourth-order valence-electron chi connectivity index (χ4n) is 12.7. The van der Waals surface area contributed by atoms with Gasteiger partial charge in [-0.2, -0.15) is 5.26 Å². The molecule has 4 aliphatic rings. The summed E-state index contributed by atoms with van der Waals surface area (Å²) in [7, 11) is 0. The molecule has 302 valence electrons. The van der Waals surface area contributed by atoms with Gasteiger partial charge in [-0.25, -0.2) is 15.0 Å². The van der Waals surface area contributed by atoms with E-state index in [2.05, 4.69) is 140 Å². The molecule has 4 heteroatoms. The topological polar surface area (TPSA) is 62.5 Å². The van der Waals surface area contributed by atoms with Crippen molar-refractivity contribution in [2.24, 2.45) is 11.8 Å². The molecule has 4 fully saturated rings. The molecule has 4 nitrogen and oxygen atoms in total. The van der Waals surface area contributed by atoms with E-state index in [9.17, 15) is 5.26 Å². The van der Waals surface area contributed by atoms with Crippen LogP contribution in [0.5, 0.6) is 0 Å². The summed E-state index contributed by atoms with van der Waals surface area (Å²) in [4.78, 5) is 15.0. The zero-order valence-corrected chi connectivity index (χ0v) is 35.4. The maximum Gasteiger partial charge on any atom is 0.164 e. The number of hydrogen-bond donors (Lipinski definition) is 0. The molecule has 0 spiro atoms. The summed E-state index contributed by atoms with van der Waals surface area (Å²) in [5, 5.41) is 14.9. The molecule has 8 aromatic carbocycles. The molecule has 2 atom stereocenters. The second kappa shape index (κ2) is 14.7. The zero-order chi connectivity index (χ0) is 42.1. The van der Waals surface area contributed by atoms with Gasteiger partial charge in [0.25, 0.3) is 0 Å². The molecule has 1 heterocycles. The molecule has 0 amide bonds. The van der Waals surface area contributed by atoms with Crippen molar-refractivity contribution in [2.75, 3.05) is 0 Å². The van der Waals surface area contributed by atoms with Gasteiger partial charge in [0.15, 0.2) is 17.5 Å². The van der Waals surface area contributed by atoms with Crippen LogP contribution in [-0.4, -0.2) is 15.0 Å². The minimum absolute atomic E-state index is 0.125. The first-order valence-electron chi connectivity index (χ1n) is 22.5. The average Bonchev–Trinajstić information content (AvgIpc) is 3.33. The third-order valence-electron chi connectivity index (χ3n) is 14.9. The lowest BCUT2D eigenvalue weighted by molar-refractivity contribution is -0.0268. The molecule has 4 saturated carbocycles. The Kier molecular flexibility index (Phi) is 8.76.